The van der Waals surface area contributed by atoms with Crippen molar-refractivity contribution in [3.8, 4) is 5.75 Å². The number of benzene rings is 2. The van der Waals surface area contributed by atoms with Crippen molar-refractivity contribution < 1.29 is 14.0 Å². The van der Waals surface area contributed by atoms with Crippen molar-refractivity contribution in [2.45, 2.75) is 52.4 Å². The highest BCUT2D eigenvalue weighted by atomic mass is 16.7. The second kappa shape index (κ2) is 7.63. The number of ether oxygens (including phenoxy) is 1. The van der Waals surface area contributed by atoms with Crippen molar-refractivity contribution in [3.63, 3.8) is 0 Å². The molecule has 6 nitrogen and oxygen atoms in total. The van der Waals surface area contributed by atoms with Crippen LogP contribution < -0.4 is 15.2 Å². The number of rotatable bonds is 5. The van der Waals surface area contributed by atoms with Gasteiger partial charge in [0.25, 0.3) is 0 Å². The fourth-order valence-corrected chi connectivity index (χ4v) is 3.61. The molecule has 0 radical (unpaired) electrons. The topological polar surface area (TPSA) is 46.5 Å². The Morgan fingerprint density at radius 1 is 1.03 bits per heavy atom. The summed E-state index contributed by atoms with van der Waals surface area (Å²) in [4.78, 5) is 2.25. The van der Waals surface area contributed by atoms with Crippen molar-refractivity contribution >= 4 is 24.1 Å². The highest BCUT2D eigenvalue weighted by molar-refractivity contribution is 6.62. The molecule has 2 aromatic rings. The minimum Gasteiger partial charge on any atom is -0.497 e. The van der Waals surface area contributed by atoms with Gasteiger partial charge >= 0.3 is 7.12 Å². The number of hydrogen-bond donors (Lipinski definition) is 0. The quantitative estimate of drug-likeness (QED) is 0.709. The Hall–Kier alpha value is -2.51. The minimum atomic E-state index is -0.350. The minimum absolute atomic E-state index is 0.340. The molecule has 2 aromatic carbocycles. The fourth-order valence-electron chi connectivity index (χ4n) is 3.61. The highest BCUT2D eigenvalue weighted by Crippen LogP contribution is 2.36. The van der Waals surface area contributed by atoms with Gasteiger partial charge in [-0.25, -0.2) is 5.01 Å². The zero-order chi connectivity index (χ0) is 21.5. The first-order valence-electron chi connectivity index (χ1n) is 10.3. The first-order chi connectivity index (χ1) is 14.2. The summed E-state index contributed by atoms with van der Waals surface area (Å²) < 4.78 is 17.6. The number of nitrogens with zero attached hydrogens (tertiary/aromatic N) is 3. The Morgan fingerprint density at radius 2 is 1.70 bits per heavy atom. The molecule has 7 heteroatoms. The number of hydrogen-bond acceptors (Lipinski definition) is 6. The highest BCUT2D eigenvalue weighted by Gasteiger charge is 2.51. The lowest BCUT2D eigenvalue weighted by Crippen LogP contribution is -2.41. The maximum atomic E-state index is 6.15. The van der Waals surface area contributed by atoms with E-state index in [1.165, 1.54) is 5.56 Å². The molecule has 30 heavy (non-hydrogen) atoms. The smallest absolute Gasteiger partial charge is 0.494 e. The van der Waals surface area contributed by atoms with Crippen LogP contribution in [0.15, 0.2) is 53.6 Å². The van der Waals surface area contributed by atoms with Gasteiger partial charge in [-0.2, -0.15) is 5.10 Å². The van der Waals surface area contributed by atoms with Crippen LogP contribution in [0.5, 0.6) is 5.75 Å². The molecule has 2 aliphatic heterocycles. The zero-order valence-electron chi connectivity index (χ0n) is 18.7. The van der Waals surface area contributed by atoms with E-state index in [9.17, 15) is 0 Å². The third kappa shape index (κ3) is 3.92. The molecular weight excluding hydrogens is 377 g/mol. The molecule has 0 unspecified atom stereocenters. The molecule has 0 atom stereocenters. The second-order valence-corrected chi connectivity index (χ2v) is 8.92. The first kappa shape index (κ1) is 20.8. The van der Waals surface area contributed by atoms with Crippen LogP contribution >= 0.6 is 0 Å². The van der Waals surface area contributed by atoms with Gasteiger partial charge in [0, 0.05) is 6.54 Å². The number of hydrazone groups is 1. The normalized spacial score (nSPS) is 19.9. The van der Waals surface area contributed by atoms with E-state index in [4.69, 9.17) is 19.1 Å². The van der Waals surface area contributed by atoms with Crippen molar-refractivity contribution in [3.05, 3.63) is 54.1 Å². The van der Waals surface area contributed by atoms with E-state index in [1.54, 1.807) is 7.11 Å². The molecule has 0 N–H and O–H groups in total. The first-order valence-corrected chi connectivity index (χ1v) is 10.3. The molecule has 4 rings (SSSR count). The van der Waals surface area contributed by atoms with Gasteiger partial charge in [-0.15, -0.1) is 0 Å². The summed E-state index contributed by atoms with van der Waals surface area (Å²) in [5.41, 5.74) is 2.58. The van der Waals surface area contributed by atoms with Gasteiger partial charge in [-0.05, 0) is 69.9 Å². The molecule has 0 amide bonds. The summed E-state index contributed by atoms with van der Waals surface area (Å²) in [5.74, 6) is 1.87. The zero-order valence-corrected chi connectivity index (χ0v) is 18.7. The van der Waals surface area contributed by atoms with E-state index in [0.29, 0.717) is 6.67 Å². The lowest BCUT2D eigenvalue weighted by Gasteiger charge is -2.32. The lowest BCUT2D eigenvalue weighted by atomic mass is 9.79. The molecule has 0 saturated carbocycles. The summed E-state index contributed by atoms with van der Waals surface area (Å²) in [6, 6.07) is 16.4. The van der Waals surface area contributed by atoms with Gasteiger partial charge in [-0.3, -0.25) is 0 Å². The van der Waals surface area contributed by atoms with E-state index in [2.05, 4.69) is 69.0 Å². The van der Waals surface area contributed by atoms with Crippen molar-refractivity contribution in [2.75, 3.05) is 18.8 Å². The van der Waals surface area contributed by atoms with E-state index in [1.807, 2.05) is 24.1 Å². The maximum absolute atomic E-state index is 6.15. The molecule has 2 heterocycles. The van der Waals surface area contributed by atoms with E-state index in [0.717, 1.165) is 29.3 Å². The molecule has 1 saturated heterocycles. The Balaban J connectivity index is 1.43. The summed E-state index contributed by atoms with van der Waals surface area (Å²) in [6.45, 7) is 11.8. The average molecular weight is 407 g/mol. The third-order valence-electron chi connectivity index (χ3n) is 6.25. The Labute approximate surface area is 179 Å². The summed E-state index contributed by atoms with van der Waals surface area (Å²) in [6.07, 6.45) is 0. The summed E-state index contributed by atoms with van der Waals surface area (Å²) in [5, 5.41) is 6.75. The fraction of sp³-hybridized carbons (Fsp3) is 0.435. The predicted octanol–water partition coefficient (Wildman–Crippen LogP) is 3.61. The summed E-state index contributed by atoms with van der Waals surface area (Å²) >= 11 is 0. The molecule has 0 aliphatic carbocycles. The molecule has 0 spiro atoms. The second-order valence-electron chi connectivity index (χ2n) is 8.92. The molecular formula is C23H30BN3O3. The van der Waals surface area contributed by atoms with Crippen LogP contribution in [0.4, 0.5) is 5.69 Å². The molecule has 2 aliphatic rings. The van der Waals surface area contributed by atoms with E-state index in [-0.39, 0.29) is 18.3 Å². The number of anilines is 1. The molecule has 158 valence electrons. The summed E-state index contributed by atoms with van der Waals surface area (Å²) in [7, 11) is 1.34. The molecule has 0 bridgehead atoms. The van der Waals surface area contributed by atoms with Crippen molar-refractivity contribution in [2.24, 2.45) is 5.10 Å². The van der Waals surface area contributed by atoms with Gasteiger partial charge in [0.05, 0.1) is 24.0 Å². The lowest BCUT2D eigenvalue weighted by molar-refractivity contribution is 0.00578. The number of amidine groups is 1. The standard InChI is InChI=1S/C23H30BN3O3/c1-17-25-27(16-26(17)15-18-8-7-9-21(14-18)28-6)20-12-10-19(11-13-20)24-29-22(2,3)23(4,5)30-24/h7-14H,15-16H2,1-6H3. The van der Waals surface area contributed by atoms with Crippen LogP contribution in [-0.4, -0.2) is 42.8 Å². The third-order valence-corrected chi connectivity index (χ3v) is 6.25. The van der Waals surface area contributed by atoms with E-state index < -0.39 is 0 Å². The molecule has 0 aromatic heterocycles. The maximum Gasteiger partial charge on any atom is 0.494 e. The van der Waals surface area contributed by atoms with Crippen LogP contribution in [0.2, 0.25) is 0 Å². The monoisotopic (exact) mass is 407 g/mol. The Bertz CT molecular complexity index is 927. The van der Waals surface area contributed by atoms with Gasteiger partial charge in [0.1, 0.15) is 18.3 Å². The van der Waals surface area contributed by atoms with Gasteiger partial charge < -0.3 is 18.9 Å². The predicted molar refractivity (Wildman–Crippen MR) is 121 cm³/mol. The van der Waals surface area contributed by atoms with Gasteiger partial charge in [-0.1, -0.05) is 24.3 Å². The SMILES string of the molecule is COc1cccc(CN2CN(c3ccc(B4OC(C)(C)C(C)(C)O4)cc3)N=C2C)c1. The van der Waals surface area contributed by atoms with Crippen molar-refractivity contribution in [1.29, 1.82) is 0 Å². The van der Waals surface area contributed by atoms with Crippen LogP contribution in [0, 0.1) is 0 Å². The average Bonchev–Trinajstić information content (AvgIpc) is 3.17. The van der Waals surface area contributed by atoms with Crippen LogP contribution in [0.3, 0.4) is 0 Å². The van der Waals surface area contributed by atoms with Crippen LogP contribution in [-0.2, 0) is 15.9 Å². The van der Waals surface area contributed by atoms with Crippen molar-refractivity contribution in [1.82, 2.24) is 4.90 Å². The largest absolute Gasteiger partial charge is 0.497 e. The van der Waals surface area contributed by atoms with E-state index >= 15 is 0 Å². The number of methoxy groups -OCH3 is 1. The molecule has 1 fully saturated rings. The van der Waals surface area contributed by atoms with Crippen LogP contribution in [0.25, 0.3) is 0 Å². The van der Waals surface area contributed by atoms with Gasteiger partial charge in [0.2, 0.25) is 0 Å². The Morgan fingerprint density at radius 3 is 2.33 bits per heavy atom. The Kier molecular flexibility index (Phi) is 5.28. The van der Waals surface area contributed by atoms with Crippen LogP contribution in [0.1, 0.15) is 40.2 Å². The van der Waals surface area contributed by atoms with Gasteiger partial charge in [0.15, 0.2) is 0 Å².